The van der Waals surface area contributed by atoms with Crippen LogP contribution in [0.2, 0.25) is 0 Å². The average Bonchev–Trinajstić information content (AvgIpc) is 3.76. The molecule has 0 unspecified atom stereocenters. The van der Waals surface area contributed by atoms with Crippen molar-refractivity contribution in [3.05, 3.63) is 95.3 Å². The molecule has 0 spiro atoms. The van der Waals surface area contributed by atoms with E-state index >= 15 is 0 Å². The molecular weight excluding hydrogens is 911 g/mol. The number of aromatic nitrogens is 2. The Balaban J connectivity index is 1.34. The van der Waals surface area contributed by atoms with Crippen LogP contribution in [0.3, 0.4) is 0 Å². The number of hydrogen-bond donors (Lipinski definition) is 1. The van der Waals surface area contributed by atoms with E-state index in [4.69, 9.17) is 32.6 Å². The topological polar surface area (TPSA) is 206 Å². The lowest BCUT2D eigenvalue weighted by Crippen LogP contribution is -2.35. The van der Waals surface area contributed by atoms with Gasteiger partial charge in [0, 0.05) is 48.5 Å². The fraction of sp³-hybridized carbons (Fsp3) is 0.471. The van der Waals surface area contributed by atoms with E-state index in [-0.39, 0.29) is 75.3 Å². The van der Waals surface area contributed by atoms with Crippen molar-refractivity contribution in [2.75, 3.05) is 39.6 Å². The van der Waals surface area contributed by atoms with Gasteiger partial charge in [-0.1, -0.05) is 29.3 Å². The minimum atomic E-state index is -3.93. The van der Waals surface area contributed by atoms with Gasteiger partial charge in [-0.3, -0.25) is 22.9 Å². The van der Waals surface area contributed by atoms with Crippen LogP contribution in [0.25, 0.3) is 21.8 Å². The van der Waals surface area contributed by atoms with Crippen LogP contribution in [0.15, 0.2) is 78.0 Å². The number of nitrogens with zero attached hydrogens (tertiary/aromatic N) is 2. The molecule has 69 heavy (non-hydrogen) atoms. The van der Waals surface area contributed by atoms with Crippen molar-refractivity contribution in [1.82, 2.24) is 14.5 Å². The maximum Gasteiger partial charge on any atom is 0.514 e. The molecule has 0 fully saturated rings. The molecule has 1 amide bonds. The van der Waals surface area contributed by atoms with Crippen LogP contribution in [-0.4, -0.2) is 104 Å². The molecule has 17 nitrogen and oxygen atoms in total. The summed E-state index contributed by atoms with van der Waals surface area (Å²) < 4.78 is 66.0. The number of benzene rings is 3. The molecule has 3 aromatic carbocycles. The largest absolute Gasteiger partial charge is 0.514 e. The molecule has 0 bridgehead atoms. The molecule has 0 saturated carbocycles. The van der Waals surface area contributed by atoms with Gasteiger partial charge in [-0.25, -0.2) is 14.4 Å². The number of carbonyl (C=O) groups excluding carboxylic acids is 5. The first-order valence-corrected chi connectivity index (χ1v) is 24.1. The number of Topliss-reactive ketones (excluding diaryl/α,β-unsaturated/α-hetero) is 1. The second-order valence-corrected chi connectivity index (χ2v) is 21.3. The highest BCUT2D eigenvalue weighted by Gasteiger charge is 2.29. The number of ketones is 1. The first-order chi connectivity index (χ1) is 32.2. The first-order valence-electron chi connectivity index (χ1n) is 22.7. The highest BCUT2D eigenvalue weighted by atomic mass is 32.2. The Morgan fingerprint density at radius 1 is 0.623 bits per heavy atom. The van der Waals surface area contributed by atoms with E-state index in [2.05, 4.69) is 5.32 Å². The summed E-state index contributed by atoms with van der Waals surface area (Å²) in [7, 11) is -3.93. The quantitative estimate of drug-likeness (QED) is 0.0270. The standard InChI is InChI=1S/C51H65N3O14S/c1-33-12-16-40(17-13-33)69(60,61)64-25-24-63-23-22-62-21-20-52-45(56)35(28-38(55)29-37-32-54(47(58)67-50(6,7)8)43-18-14-34(2)26-41(37)43)27-36-31-53(46(57)66-49(3,4)5)44-19-15-39(30-42(36)44)65-48(59)68-51(9,10)11/h12-19,26,30-32,35H,20-25,27-29H2,1-11H3,(H,52,56)/t35-/m1/s1. The van der Waals surface area contributed by atoms with Crippen LogP contribution in [-0.2, 0) is 60.4 Å². The van der Waals surface area contributed by atoms with Crippen LogP contribution >= 0.6 is 0 Å². The third-order valence-electron chi connectivity index (χ3n) is 10.1. The molecule has 1 atom stereocenters. The van der Waals surface area contributed by atoms with Crippen molar-refractivity contribution in [2.24, 2.45) is 5.92 Å². The van der Waals surface area contributed by atoms with Crippen LogP contribution in [0.5, 0.6) is 5.75 Å². The highest BCUT2D eigenvalue weighted by molar-refractivity contribution is 7.86. The van der Waals surface area contributed by atoms with Gasteiger partial charge in [-0.2, -0.15) is 8.42 Å². The monoisotopic (exact) mass is 975 g/mol. The molecule has 0 aliphatic carbocycles. The summed E-state index contributed by atoms with van der Waals surface area (Å²) >= 11 is 0. The summed E-state index contributed by atoms with van der Waals surface area (Å²) in [6.45, 7) is 19.6. The minimum Gasteiger partial charge on any atom is -0.443 e. The smallest absolute Gasteiger partial charge is 0.443 e. The molecule has 2 aromatic heterocycles. The molecule has 5 rings (SSSR count). The summed E-state index contributed by atoms with van der Waals surface area (Å²) in [6, 6.07) is 16.5. The van der Waals surface area contributed by atoms with Gasteiger partial charge in [0.05, 0.1) is 49.0 Å². The Labute approximate surface area is 403 Å². The molecule has 0 saturated heterocycles. The number of rotatable bonds is 19. The van der Waals surface area contributed by atoms with Gasteiger partial charge >= 0.3 is 18.3 Å². The average molecular weight is 976 g/mol. The minimum absolute atomic E-state index is 0.000975. The third-order valence-corrected chi connectivity index (χ3v) is 11.4. The van der Waals surface area contributed by atoms with Crippen molar-refractivity contribution < 1.29 is 65.0 Å². The van der Waals surface area contributed by atoms with Gasteiger partial charge in [-0.05, 0) is 136 Å². The van der Waals surface area contributed by atoms with E-state index in [1.165, 1.54) is 27.3 Å². The Morgan fingerprint density at radius 3 is 1.74 bits per heavy atom. The molecule has 1 N–H and O–H groups in total. The second kappa shape index (κ2) is 22.6. The van der Waals surface area contributed by atoms with E-state index in [0.29, 0.717) is 32.9 Å². The van der Waals surface area contributed by atoms with Crippen LogP contribution in [0.4, 0.5) is 14.4 Å². The van der Waals surface area contributed by atoms with E-state index < -0.39 is 57.1 Å². The van der Waals surface area contributed by atoms with Gasteiger partial charge in [0.15, 0.2) is 0 Å². The SMILES string of the molecule is Cc1ccc(S(=O)(=O)OCCOCCOCCNC(=O)[C@@H](CC(=O)Cc2cn(C(=O)OC(C)(C)C)c3ccc(C)cc23)Cc2cn(C(=O)OC(C)(C)C)c3ccc(OC(=O)OC(C)(C)C)cc23)cc1. The lowest BCUT2D eigenvalue weighted by Gasteiger charge is -2.20. The highest BCUT2D eigenvalue weighted by Crippen LogP contribution is 2.31. The van der Waals surface area contributed by atoms with Gasteiger partial charge in [-0.15, -0.1) is 0 Å². The predicted octanol–water partition coefficient (Wildman–Crippen LogP) is 9.01. The Kier molecular flexibility index (Phi) is 17.6. The summed E-state index contributed by atoms with van der Waals surface area (Å²) in [5.74, 6) is -1.63. The lowest BCUT2D eigenvalue weighted by atomic mass is 9.91. The molecule has 18 heteroatoms. The number of amides is 1. The van der Waals surface area contributed by atoms with Crippen LogP contribution < -0.4 is 10.1 Å². The maximum atomic E-state index is 14.2. The number of fused-ring (bicyclic) bond motifs is 2. The third kappa shape index (κ3) is 16.3. The zero-order chi connectivity index (χ0) is 50.9. The van der Waals surface area contributed by atoms with Gasteiger partial charge in [0.2, 0.25) is 5.91 Å². The fourth-order valence-electron chi connectivity index (χ4n) is 7.12. The molecule has 374 valence electrons. The predicted molar refractivity (Wildman–Crippen MR) is 258 cm³/mol. The van der Waals surface area contributed by atoms with Crippen molar-refractivity contribution in [3.8, 4) is 5.75 Å². The van der Waals surface area contributed by atoms with Crippen LogP contribution in [0.1, 0.15) is 91.0 Å². The number of nitrogens with one attached hydrogen (secondary N) is 1. The fourth-order valence-corrected chi connectivity index (χ4v) is 8.01. The Morgan fingerprint density at radius 2 is 1.14 bits per heavy atom. The second-order valence-electron chi connectivity index (χ2n) is 19.7. The molecule has 2 heterocycles. The van der Waals surface area contributed by atoms with Crippen molar-refractivity contribution in [1.29, 1.82) is 0 Å². The number of carbonyl (C=O) groups is 5. The number of ether oxygens (including phenoxy) is 6. The first kappa shape index (κ1) is 53.9. The molecule has 5 aromatic rings. The van der Waals surface area contributed by atoms with Crippen molar-refractivity contribution in [3.63, 3.8) is 0 Å². The van der Waals surface area contributed by atoms with E-state index in [1.54, 1.807) is 105 Å². The van der Waals surface area contributed by atoms with Crippen LogP contribution in [0, 0.1) is 19.8 Å². The van der Waals surface area contributed by atoms with Gasteiger partial charge < -0.3 is 33.7 Å². The van der Waals surface area contributed by atoms with E-state index in [0.717, 1.165) is 11.1 Å². The van der Waals surface area contributed by atoms with E-state index in [9.17, 15) is 32.4 Å². The Bertz CT molecular complexity index is 2750. The maximum absolute atomic E-state index is 14.2. The summed E-state index contributed by atoms with van der Waals surface area (Å²) in [5, 5.41) is 4.02. The molecule has 0 aliphatic rings. The molecular formula is C51H65N3O14S. The van der Waals surface area contributed by atoms with Gasteiger partial charge in [0.25, 0.3) is 10.1 Å². The number of aryl methyl sites for hydroxylation is 2. The zero-order valence-electron chi connectivity index (χ0n) is 41.4. The summed E-state index contributed by atoms with van der Waals surface area (Å²) in [6.07, 6.45) is 0.532. The van der Waals surface area contributed by atoms with Crippen molar-refractivity contribution in [2.45, 2.75) is 117 Å². The van der Waals surface area contributed by atoms with E-state index in [1.807, 2.05) is 26.0 Å². The van der Waals surface area contributed by atoms with Gasteiger partial charge in [0.1, 0.15) is 28.3 Å². The zero-order valence-corrected chi connectivity index (χ0v) is 42.2. The number of hydrogen-bond acceptors (Lipinski definition) is 14. The lowest BCUT2D eigenvalue weighted by molar-refractivity contribution is -0.129. The summed E-state index contributed by atoms with van der Waals surface area (Å²) in [4.78, 5) is 68.0. The molecule has 0 radical (unpaired) electrons. The normalized spacial score (nSPS) is 12.7. The summed E-state index contributed by atoms with van der Waals surface area (Å²) in [5.41, 5.74) is 1.42. The van der Waals surface area contributed by atoms with Crippen molar-refractivity contribution >= 4 is 62.0 Å². The Hall–Kier alpha value is -6.08. The molecule has 0 aliphatic heterocycles.